The summed E-state index contributed by atoms with van der Waals surface area (Å²) in [5.41, 5.74) is 8.17. The van der Waals surface area contributed by atoms with Crippen LogP contribution in [0.3, 0.4) is 0 Å². The Labute approximate surface area is 113 Å². The lowest BCUT2D eigenvalue weighted by molar-refractivity contribution is -0.122. The number of aryl methyl sites for hydroxylation is 1. The van der Waals surface area contributed by atoms with Crippen LogP contribution in [0.5, 0.6) is 0 Å². The predicted molar refractivity (Wildman–Crippen MR) is 74.8 cm³/mol. The minimum atomic E-state index is 0.00546. The van der Waals surface area contributed by atoms with E-state index in [0.29, 0.717) is 5.69 Å². The Morgan fingerprint density at radius 1 is 1.53 bits per heavy atom. The lowest BCUT2D eigenvalue weighted by Crippen LogP contribution is -2.47. The minimum absolute atomic E-state index is 0.00546. The van der Waals surface area contributed by atoms with Gasteiger partial charge in [0.2, 0.25) is 5.91 Å². The molecule has 1 aromatic heterocycles. The maximum atomic E-state index is 12.0. The quantitative estimate of drug-likeness (QED) is 0.824. The van der Waals surface area contributed by atoms with Crippen LogP contribution in [0.25, 0.3) is 0 Å². The summed E-state index contributed by atoms with van der Waals surface area (Å²) in [5, 5.41) is 7.35. The van der Waals surface area contributed by atoms with Crippen LogP contribution in [0.15, 0.2) is 0 Å². The van der Waals surface area contributed by atoms with Gasteiger partial charge in [-0.2, -0.15) is 5.10 Å². The second kappa shape index (κ2) is 5.61. The van der Waals surface area contributed by atoms with Crippen LogP contribution >= 0.6 is 0 Å². The molecule has 1 aliphatic heterocycles. The Morgan fingerprint density at radius 3 is 2.84 bits per heavy atom. The first kappa shape index (κ1) is 13.9. The molecular formula is C13H23N5O. The highest BCUT2D eigenvalue weighted by Crippen LogP contribution is 2.14. The Bertz CT molecular complexity index is 468. The predicted octanol–water partition coefficient (Wildman–Crippen LogP) is 0.293. The molecule has 3 N–H and O–H groups in total. The molecule has 0 aromatic carbocycles. The molecule has 6 heteroatoms. The van der Waals surface area contributed by atoms with E-state index in [1.165, 1.54) is 0 Å². The highest BCUT2D eigenvalue weighted by atomic mass is 16.2. The van der Waals surface area contributed by atoms with Crippen molar-refractivity contribution in [3.05, 3.63) is 11.4 Å². The van der Waals surface area contributed by atoms with Gasteiger partial charge in [-0.3, -0.25) is 9.48 Å². The number of nitrogens with two attached hydrogens (primary N) is 1. The number of rotatable bonds is 3. The van der Waals surface area contributed by atoms with Gasteiger partial charge in [-0.15, -0.1) is 0 Å². The van der Waals surface area contributed by atoms with E-state index in [0.717, 1.165) is 37.3 Å². The number of likely N-dealkylation sites (N-methyl/N-ethyl adjacent to an activating group) is 1. The molecule has 1 fully saturated rings. The zero-order valence-electron chi connectivity index (χ0n) is 11.9. The summed E-state index contributed by atoms with van der Waals surface area (Å²) >= 11 is 0. The normalized spacial score (nSPS) is 20.5. The first-order chi connectivity index (χ1) is 8.97. The van der Waals surface area contributed by atoms with Crippen molar-refractivity contribution >= 4 is 11.6 Å². The number of nitrogens with one attached hydrogen (secondary N) is 1. The Morgan fingerprint density at radius 2 is 2.26 bits per heavy atom. The van der Waals surface area contributed by atoms with Crippen molar-refractivity contribution in [1.82, 2.24) is 20.0 Å². The summed E-state index contributed by atoms with van der Waals surface area (Å²) in [5.74, 6) is 0.00546. The molecule has 1 aliphatic rings. The molecular weight excluding hydrogens is 242 g/mol. The van der Waals surface area contributed by atoms with E-state index < -0.39 is 0 Å². The number of aromatic nitrogens is 2. The zero-order chi connectivity index (χ0) is 14.0. The van der Waals surface area contributed by atoms with Gasteiger partial charge in [0.05, 0.1) is 17.1 Å². The molecule has 1 atom stereocenters. The number of nitrogens with zero attached hydrogens (tertiary/aromatic N) is 3. The van der Waals surface area contributed by atoms with E-state index in [4.69, 9.17) is 5.73 Å². The van der Waals surface area contributed by atoms with Crippen molar-refractivity contribution < 1.29 is 4.79 Å². The van der Waals surface area contributed by atoms with Crippen LogP contribution in [-0.4, -0.2) is 46.8 Å². The molecule has 19 heavy (non-hydrogen) atoms. The van der Waals surface area contributed by atoms with Gasteiger partial charge in [-0.1, -0.05) is 0 Å². The number of carbonyl (C=O) groups is 1. The third kappa shape index (κ3) is 3.26. The summed E-state index contributed by atoms with van der Waals surface area (Å²) in [6.07, 6.45) is 2.18. The van der Waals surface area contributed by atoms with E-state index >= 15 is 0 Å². The second-order valence-electron chi connectivity index (χ2n) is 5.41. The molecule has 1 aromatic rings. The molecule has 0 bridgehead atoms. The topological polar surface area (TPSA) is 76.2 Å². The third-order valence-electron chi connectivity index (χ3n) is 3.72. The van der Waals surface area contributed by atoms with Gasteiger partial charge in [-0.25, -0.2) is 0 Å². The van der Waals surface area contributed by atoms with Crippen molar-refractivity contribution in [3.8, 4) is 0 Å². The van der Waals surface area contributed by atoms with Crippen molar-refractivity contribution in [1.29, 1.82) is 0 Å². The molecule has 1 amide bonds. The van der Waals surface area contributed by atoms with E-state index in [2.05, 4.69) is 22.4 Å². The van der Waals surface area contributed by atoms with Crippen LogP contribution in [0.1, 0.15) is 24.2 Å². The largest absolute Gasteiger partial charge is 0.396 e. The number of piperidine rings is 1. The van der Waals surface area contributed by atoms with E-state index in [1.54, 1.807) is 4.68 Å². The van der Waals surface area contributed by atoms with Crippen molar-refractivity contribution in [2.45, 2.75) is 39.3 Å². The minimum Gasteiger partial charge on any atom is -0.396 e. The smallest absolute Gasteiger partial charge is 0.242 e. The molecule has 0 spiro atoms. The summed E-state index contributed by atoms with van der Waals surface area (Å²) in [7, 11) is 2.08. The third-order valence-corrected chi connectivity index (χ3v) is 3.72. The number of likely N-dealkylation sites (tertiary alicyclic amines) is 1. The molecule has 0 radical (unpaired) electrons. The van der Waals surface area contributed by atoms with E-state index in [-0.39, 0.29) is 18.5 Å². The average Bonchev–Trinajstić information content (AvgIpc) is 2.57. The molecule has 2 heterocycles. The van der Waals surface area contributed by atoms with Gasteiger partial charge < -0.3 is 16.0 Å². The van der Waals surface area contributed by atoms with Crippen LogP contribution in [0.2, 0.25) is 0 Å². The van der Waals surface area contributed by atoms with Gasteiger partial charge in [-0.05, 0) is 40.3 Å². The van der Waals surface area contributed by atoms with Gasteiger partial charge >= 0.3 is 0 Å². The van der Waals surface area contributed by atoms with E-state index in [1.807, 2.05) is 13.8 Å². The Balaban J connectivity index is 1.92. The van der Waals surface area contributed by atoms with Crippen molar-refractivity contribution in [3.63, 3.8) is 0 Å². The van der Waals surface area contributed by atoms with Crippen LogP contribution < -0.4 is 11.1 Å². The van der Waals surface area contributed by atoms with Crippen LogP contribution in [-0.2, 0) is 11.3 Å². The lowest BCUT2D eigenvalue weighted by Gasteiger charge is -2.30. The van der Waals surface area contributed by atoms with Crippen molar-refractivity contribution in [2.24, 2.45) is 0 Å². The lowest BCUT2D eigenvalue weighted by atomic mass is 10.1. The fourth-order valence-corrected chi connectivity index (χ4v) is 2.56. The number of hydrogen-bond acceptors (Lipinski definition) is 4. The van der Waals surface area contributed by atoms with E-state index in [9.17, 15) is 4.79 Å². The monoisotopic (exact) mass is 265 g/mol. The SMILES string of the molecule is Cc1nn(CC(=O)NC2CCCN(C)C2)c(C)c1N. The number of hydrogen-bond donors (Lipinski definition) is 2. The molecule has 0 aliphatic carbocycles. The average molecular weight is 265 g/mol. The Hall–Kier alpha value is -1.56. The van der Waals surface area contributed by atoms with Crippen molar-refractivity contribution in [2.75, 3.05) is 25.9 Å². The standard InChI is InChI=1S/C13H23N5O/c1-9-13(14)10(2)18(16-9)8-12(19)15-11-5-4-6-17(3)7-11/h11H,4-8,14H2,1-3H3,(H,15,19). The second-order valence-corrected chi connectivity index (χ2v) is 5.41. The molecule has 106 valence electrons. The molecule has 1 unspecified atom stereocenters. The first-order valence-corrected chi connectivity index (χ1v) is 6.74. The molecule has 1 saturated heterocycles. The summed E-state index contributed by atoms with van der Waals surface area (Å²) < 4.78 is 1.67. The maximum Gasteiger partial charge on any atom is 0.242 e. The highest BCUT2D eigenvalue weighted by Gasteiger charge is 2.19. The zero-order valence-corrected chi connectivity index (χ0v) is 11.9. The van der Waals surface area contributed by atoms with Gasteiger partial charge in [0.1, 0.15) is 6.54 Å². The Kier molecular flexibility index (Phi) is 4.09. The maximum absolute atomic E-state index is 12.0. The summed E-state index contributed by atoms with van der Waals surface area (Å²) in [6.45, 7) is 6.01. The number of nitrogen functional groups attached to an aromatic ring is 1. The van der Waals surface area contributed by atoms with Gasteiger partial charge in [0.15, 0.2) is 0 Å². The molecule has 6 nitrogen and oxygen atoms in total. The number of anilines is 1. The fourth-order valence-electron chi connectivity index (χ4n) is 2.56. The highest BCUT2D eigenvalue weighted by molar-refractivity contribution is 5.76. The first-order valence-electron chi connectivity index (χ1n) is 6.74. The fraction of sp³-hybridized carbons (Fsp3) is 0.692. The summed E-state index contributed by atoms with van der Waals surface area (Å²) in [4.78, 5) is 14.3. The van der Waals surface area contributed by atoms with Gasteiger partial charge in [0.25, 0.3) is 0 Å². The van der Waals surface area contributed by atoms with Crippen LogP contribution in [0.4, 0.5) is 5.69 Å². The van der Waals surface area contributed by atoms with Crippen LogP contribution in [0, 0.1) is 13.8 Å². The summed E-state index contributed by atoms with van der Waals surface area (Å²) in [6, 6.07) is 0.251. The number of carbonyl (C=O) groups excluding carboxylic acids is 1. The number of amides is 1. The van der Waals surface area contributed by atoms with Gasteiger partial charge in [0, 0.05) is 12.6 Å². The molecule has 0 saturated carbocycles. The molecule has 2 rings (SSSR count).